The number of carbonyl (C=O) groups is 1. The van der Waals surface area contributed by atoms with E-state index in [-0.39, 0.29) is 5.75 Å². The summed E-state index contributed by atoms with van der Waals surface area (Å²) in [6, 6.07) is 14.1. The summed E-state index contributed by atoms with van der Waals surface area (Å²) in [5, 5.41) is 9.24. The molecule has 0 spiro atoms. The van der Waals surface area contributed by atoms with Crippen molar-refractivity contribution in [2.24, 2.45) is 0 Å². The molecule has 17 heavy (non-hydrogen) atoms. The lowest BCUT2D eigenvalue weighted by molar-refractivity contribution is 0.111. The Labute approximate surface area is 99.3 Å². The van der Waals surface area contributed by atoms with Gasteiger partial charge in [0.15, 0.2) is 6.29 Å². The zero-order chi connectivity index (χ0) is 12.1. The summed E-state index contributed by atoms with van der Waals surface area (Å²) in [6.07, 6.45) is 0.667. The molecule has 0 saturated heterocycles. The fourth-order valence-electron chi connectivity index (χ4n) is 1.49. The van der Waals surface area contributed by atoms with E-state index in [0.717, 1.165) is 5.56 Å². The molecular formula is C14H12O3. The summed E-state index contributed by atoms with van der Waals surface area (Å²) in [5.74, 6) is 0.529. The van der Waals surface area contributed by atoms with Crippen LogP contribution in [0.1, 0.15) is 15.9 Å². The number of aldehydes is 1. The van der Waals surface area contributed by atoms with Gasteiger partial charge >= 0.3 is 0 Å². The van der Waals surface area contributed by atoms with Gasteiger partial charge in [-0.3, -0.25) is 4.79 Å². The van der Waals surface area contributed by atoms with Crippen LogP contribution in [0.5, 0.6) is 11.5 Å². The van der Waals surface area contributed by atoms with Crippen molar-refractivity contribution >= 4 is 6.29 Å². The molecule has 0 bridgehead atoms. The molecule has 0 amide bonds. The molecule has 0 aromatic heterocycles. The molecule has 0 unspecified atom stereocenters. The van der Waals surface area contributed by atoms with Crippen molar-refractivity contribution in [1.82, 2.24) is 0 Å². The first-order chi connectivity index (χ1) is 8.29. The molecule has 0 atom stereocenters. The van der Waals surface area contributed by atoms with Gasteiger partial charge in [0.25, 0.3) is 0 Å². The van der Waals surface area contributed by atoms with Crippen LogP contribution in [-0.4, -0.2) is 11.4 Å². The Morgan fingerprint density at radius 3 is 2.59 bits per heavy atom. The molecule has 2 rings (SSSR count). The molecule has 0 heterocycles. The average Bonchev–Trinajstić information content (AvgIpc) is 2.38. The highest BCUT2D eigenvalue weighted by Gasteiger charge is 2.04. The van der Waals surface area contributed by atoms with Crippen LogP contribution in [0.4, 0.5) is 0 Å². The van der Waals surface area contributed by atoms with Gasteiger partial charge in [-0.05, 0) is 23.8 Å². The Kier molecular flexibility index (Phi) is 3.40. The van der Waals surface area contributed by atoms with E-state index in [1.807, 2.05) is 30.3 Å². The first kappa shape index (κ1) is 11.2. The Bertz CT molecular complexity index is 506. The normalized spacial score (nSPS) is 9.88. The fraction of sp³-hybridized carbons (Fsp3) is 0.0714. The van der Waals surface area contributed by atoms with Gasteiger partial charge in [0.1, 0.15) is 18.1 Å². The van der Waals surface area contributed by atoms with Crippen molar-refractivity contribution in [2.45, 2.75) is 6.61 Å². The van der Waals surface area contributed by atoms with Gasteiger partial charge in [-0.15, -0.1) is 0 Å². The van der Waals surface area contributed by atoms with Crippen LogP contribution in [0.25, 0.3) is 0 Å². The third-order valence-electron chi connectivity index (χ3n) is 2.36. The Morgan fingerprint density at radius 2 is 1.88 bits per heavy atom. The number of phenols is 1. The maximum absolute atomic E-state index is 10.8. The zero-order valence-electron chi connectivity index (χ0n) is 9.17. The van der Waals surface area contributed by atoms with E-state index in [2.05, 4.69) is 0 Å². The van der Waals surface area contributed by atoms with Crippen LogP contribution >= 0.6 is 0 Å². The molecule has 0 radical (unpaired) electrons. The first-order valence-electron chi connectivity index (χ1n) is 5.24. The second-order valence-corrected chi connectivity index (χ2v) is 3.61. The first-order valence-corrected chi connectivity index (χ1v) is 5.24. The second-order valence-electron chi connectivity index (χ2n) is 3.61. The average molecular weight is 228 g/mol. The SMILES string of the molecule is O=Cc1cc(O)ccc1OCc1ccccc1. The Hall–Kier alpha value is -2.29. The fourth-order valence-corrected chi connectivity index (χ4v) is 1.49. The quantitative estimate of drug-likeness (QED) is 0.818. The van der Waals surface area contributed by atoms with E-state index in [1.165, 1.54) is 12.1 Å². The van der Waals surface area contributed by atoms with Crippen LogP contribution in [0.3, 0.4) is 0 Å². The topological polar surface area (TPSA) is 46.5 Å². The number of hydrogen-bond acceptors (Lipinski definition) is 3. The van der Waals surface area contributed by atoms with Crippen LogP contribution in [0, 0.1) is 0 Å². The van der Waals surface area contributed by atoms with Crippen LogP contribution in [-0.2, 0) is 6.61 Å². The molecule has 0 saturated carbocycles. The summed E-state index contributed by atoms with van der Waals surface area (Å²) >= 11 is 0. The minimum absolute atomic E-state index is 0.0548. The summed E-state index contributed by atoms with van der Waals surface area (Å²) in [5.41, 5.74) is 1.37. The van der Waals surface area contributed by atoms with Gasteiger partial charge in [0.2, 0.25) is 0 Å². The largest absolute Gasteiger partial charge is 0.508 e. The van der Waals surface area contributed by atoms with Crippen LogP contribution < -0.4 is 4.74 Å². The van der Waals surface area contributed by atoms with Crippen molar-refractivity contribution in [2.75, 3.05) is 0 Å². The Morgan fingerprint density at radius 1 is 1.12 bits per heavy atom. The molecular weight excluding hydrogens is 216 g/mol. The summed E-state index contributed by atoms with van der Waals surface area (Å²) in [6.45, 7) is 0.395. The standard InChI is InChI=1S/C14H12O3/c15-9-12-8-13(16)6-7-14(12)17-10-11-4-2-1-3-5-11/h1-9,16H,10H2. The van der Waals surface area contributed by atoms with Gasteiger partial charge in [0.05, 0.1) is 5.56 Å². The van der Waals surface area contributed by atoms with Crippen molar-refractivity contribution in [3.8, 4) is 11.5 Å². The molecule has 0 aliphatic heterocycles. The Balaban J connectivity index is 2.11. The molecule has 2 aromatic rings. The van der Waals surface area contributed by atoms with E-state index in [0.29, 0.717) is 24.2 Å². The lowest BCUT2D eigenvalue weighted by Gasteiger charge is -2.08. The lowest BCUT2D eigenvalue weighted by Crippen LogP contribution is -1.97. The van der Waals surface area contributed by atoms with E-state index in [4.69, 9.17) is 4.74 Å². The highest BCUT2D eigenvalue weighted by molar-refractivity contribution is 5.80. The van der Waals surface area contributed by atoms with Gasteiger partial charge < -0.3 is 9.84 Å². The molecule has 2 aromatic carbocycles. The number of aromatic hydroxyl groups is 1. The van der Waals surface area contributed by atoms with Crippen LogP contribution in [0.2, 0.25) is 0 Å². The number of ether oxygens (including phenoxy) is 1. The molecule has 0 fully saturated rings. The molecule has 3 nitrogen and oxygen atoms in total. The third kappa shape index (κ3) is 2.84. The van der Waals surface area contributed by atoms with Gasteiger partial charge in [0, 0.05) is 0 Å². The smallest absolute Gasteiger partial charge is 0.153 e. The van der Waals surface area contributed by atoms with E-state index >= 15 is 0 Å². The molecule has 3 heteroatoms. The van der Waals surface area contributed by atoms with Crippen molar-refractivity contribution in [3.63, 3.8) is 0 Å². The highest BCUT2D eigenvalue weighted by atomic mass is 16.5. The number of phenolic OH excluding ortho intramolecular Hbond substituents is 1. The summed E-state index contributed by atoms with van der Waals surface area (Å²) < 4.78 is 5.53. The number of hydrogen-bond donors (Lipinski definition) is 1. The minimum atomic E-state index is 0.0548. The number of rotatable bonds is 4. The molecule has 1 N–H and O–H groups in total. The molecule has 86 valence electrons. The predicted octanol–water partition coefficient (Wildman–Crippen LogP) is 2.78. The predicted molar refractivity (Wildman–Crippen MR) is 64.3 cm³/mol. The maximum atomic E-state index is 10.8. The van der Waals surface area contributed by atoms with Gasteiger partial charge in [-0.1, -0.05) is 30.3 Å². The minimum Gasteiger partial charge on any atom is -0.508 e. The monoisotopic (exact) mass is 228 g/mol. The molecule has 0 aliphatic carbocycles. The second kappa shape index (κ2) is 5.16. The number of benzene rings is 2. The lowest BCUT2D eigenvalue weighted by atomic mass is 10.2. The van der Waals surface area contributed by atoms with Gasteiger partial charge in [-0.2, -0.15) is 0 Å². The number of carbonyl (C=O) groups excluding carboxylic acids is 1. The van der Waals surface area contributed by atoms with E-state index < -0.39 is 0 Å². The van der Waals surface area contributed by atoms with E-state index in [1.54, 1.807) is 6.07 Å². The highest BCUT2D eigenvalue weighted by Crippen LogP contribution is 2.22. The third-order valence-corrected chi connectivity index (χ3v) is 2.36. The maximum Gasteiger partial charge on any atom is 0.153 e. The zero-order valence-corrected chi connectivity index (χ0v) is 9.17. The van der Waals surface area contributed by atoms with Crippen molar-refractivity contribution in [1.29, 1.82) is 0 Å². The summed E-state index contributed by atoms with van der Waals surface area (Å²) in [4.78, 5) is 10.8. The van der Waals surface area contributed by atoms with Crippen molar-refractivity contribution < 1.29 is 14.6 Å². The van der Waals surface area contributed by atoms with Gasteiger partial charge in [-0.25, -0.2) is 0 Å². The van der Waals surface area contributed by atoms with E-state index in [9.17, 15) is 9.90 Å². The molecule has 0 aliphatic rings. The van der Waals surface area contributed by atoms with Crippen molar-refractivity contribution in [3.05, 3.63) is 59.7 Å². The van der Waals surface area contributed by atoms with Crippen LogP contribution in [0.15, 0.2) is 48.5 Å². The summed E-state index contributed by atoms with van der Waals surface area (Å²) in [7, 11) is 0.